The molecule has 0 unspecified atom stereocenters. The number of benzene rings is 1. The summed E-state index contributed by atoms with van der Waals surface area (Å²) in [5, 5.41) is 39.1. The van der Waals surface area contributed by atoms with Crippen LogP contribution in [0, 0.1) is 45.3 Å². The number of carbonyl (C=O) groups is 2. The van der Waals surface area contributed by atoms with E-state index in [4.69, 9.17) is 19.4 Å². The Bertz CT molecular complexity index is 2260. The molecule has 0 saturated carbocycles. The quantitative estimate of drug-likeness (QED) is 0.247. The maximum atomic E-state index is 13.2. The summed E-state index contributed by atoms with van der Waals surface area (Å²) in [5.74, 6) is 0.334. The van der Waals surface area contributed by atoms with Gasteiger partial charge in [0.1, 0.15) is 68.4 Å². The first-order valence-corrected chi connectivity index (χ1v) is 18.9. The van der Waals surface area contributed by atoms with Crippen LogP contribution in [0.15, 0.2) is 43.3 Å². The molecule has 0 N–H and O–H groups in total. The number of nitriles is 4. The fraction of sp³-hybridized carbons (Fsp3) is 0.294. The molecule has 2 aromatic heterocycles. The van der Waals surface area contributed by atoms with E-state index in [1.165, 1.54) is 32.5 Å². The summed E-state index contributed by atoms with van der Waals surface area (Å²) < 4.78 is 13.1. The molecule has 0 atom stereocenters. The molecule has 2 amide bonds. The highest BCUT2D eigenvalue weighted by Gasteiger charge is 2.43. The predicted molar refractivity (Wildman–Crippen MR) is 197 cm³/mol. The van der Waals surface area contributed by atoms with Crippen molar-refractivity contribution in [2.75, 3.05) is 13.1 Å². The van der Waals surface area contributed by atoms with Gasteiger partial charge in [0, 0.05) is 24.2 Å². The number of hydrogen-bond donors (Lipinski definition) is 0. The second kappa shape index (κ2) is 12.6. The molecule has 6 heterocycles. The van der Waals surface area contributed by atoms with Crippen molar-refractivity contribution in [1.29, 1.82) is 21.0 Å². The molecule has 258 valence electrons. The number of allylic oxidation sites excluding steroid dienone is 2. The second-order valence-corrected chi connectivity index (χ2v) is 16.3. The van der Waals surface area contributed by atoms with Gasteiger partial charge in [-0.2, -0.15) is 21.0 Å². The average Bonchev–Trinajstić information content (AvgIpc) is 3.87. The van der Waals surface area contributed by atoms with E-state index in [0.29, 0.717) is 33.1 Å². The number of fused-ring (bicyclic) bond motifs is 6. The Morgan fingerprint density at radius 1 is 0.712 bits per heavy atom. The Hall–Kier alpha value is -5.50. The van der Waals surface area contributed by atoms with E-state index in [-0.39, 0.29) is 44.4 Å². The van der Waals surface area contributed by atoms with E-state index in [0.717, 1.165) is 44.4 Å². The third-order valence-electron chi connectivity index (χ3n) is 8.31. The molecule has 3 aromatic rings. The number of aromatic nitrogens is 2. The topological polar surface area (TPSA) is 205 Å². The van der Waals surface area contributed by atoms with Gasteiger partial charge in [-0.1, -0.05) is 22.7 Å². The van der Waals surface area contributed by atoms with Crippen molar-refractivity contribution in [3.63, 3.8) is 0 Å². The Morgan fingerprint density at radius 2 is 1.08 bits per heavy atom. The molecule has 0 spiro atoms. The van der Waals surface area contributed by atoms with Crippen molar-refractivity contribution in [1.82, 2.24) is 19.8 Å². The third kappa shape index (κ3) is 5.43. The molecule has 18 heteroatoms. The van der Waals surface area contributed by atoms with Crippen LogP contribution in [0.2, 0.25) is 0 Å². The molecule has 4 aliphatic rings. The third-order valence-corrected chi connectivity index (χ3v) is 12.4. The molecule has 4 aliphatic heterocycles. The highest BCUT2D eigenvalue weighted by Crippen LogP contribution is 2.56. The van der Waals surface area contributed by atoms with Crippen LogP contribution >= 0.6 is 46.2 Å². The largest absolute Gasteiger partial charge is 0.481 e. The van der Waals surface area contributed by atoms with Gasteiger partial charge in [0.25, 0.3) is 11.8 Å². The molecule has 0 radical (unpaired) electrons. The van der Waals surface area contributed by atoms with E-state index < -0.39 is 23.0 Å². The summed E-state index contributed by atoms with van der Waals surface area (Å²) in [6.45, 7) is 11.6. The van der Waals surface area contributed by atoms with E-state index >= 15 is 0 Å². The van der Waals surface area contributed by atoms with Crippen molar-refractivity contribution in [3.8, 4) is 56.7 Å². The van der Waals surface area contributed by atoms with Crippen LogP contribution in [-0.4, -0.2) is 54.8 Å². The van der Waals surface area contributed by atoms with Gasteiger partial charge in [0.05, 0.1) is 9.75 Å². The number of aliphatic imine (C=N–C) groups is 2. The zero-order chi connectivity index (χ0) is 37.3. The van der Waals surface area contributed by atoms with Crippen LogP contribution < -0.4 is 9.47 Å². The first-order valence-electron chi connectivity index (χ1n) is 15.6. The van der Waals surface area contributed by atoms with Crippen LogP contribution in [0.3, 0.4) is 0 Å². The molecular formula is C34H24N10O4S4. The number of amides is 2. The van der Waals surface area contributed by atoms with Gasteiger partial charge in [-0.25, -0.2) is 20.0 Å². The van der Waals surface area contributed by atoms with Gasteiger partial charge in [0.15, 0.2) is 21.2 Å². The van der Waals surface area contributed by atoms with E-state index in [1.807, 2.05) is 64.1 Å². The molecule has 7 rings (SSSR count). The van der Waals surface area contributed by atoms with Crippen molar-refractivity contribution < 1.29 is 19.1 Å². The Morgan fingerprint density at radius 3 is 1.40 bits per heavy atom. The fourth-order valence-electron chi connectivity index (χ4n) is 5.92. The summed E-state index contributed by atoms with van der Waals surface area (Å²) in [7, 11) is 0. The zero-order valence-electron chi connectivity index (χ0n) is 28.3. The number of carbonyl (C=O) groups excluding carboxylic acids is 2. The van der Waals surface area contributed by atoms with Crippen LogP contribution in [0.1, 0.15) is 52.9 Å². The zero-order valence-corrected chi connectivity index (χ0v) is 31.6. The Labute approximate surface area is 314 Å². The molecule has 0 bridgehead atoms. The maximum absolute atomic E-state index is 13.2. The van der Waals surface area contributed by atoms with Crippen molar-refractivity contribution in [2.45, 2.75) is 52.7 Å². The summed E-state index contributed by atoms with van der Waals surface area (Å²) in [4.78, 5) is 49.4. The lowest BCUT2D eigenvalue weighted by Gasteiger charge is -2.35. The minimum Gasteiger partial charge on any atom is -0.481 e. The van der Waals surface area contributed by atoms with Crippen molar-refractivity contribution in [3.05, 3.63) is 44.7 Å². The van der Waals surface area contributed by atoms with Gasteiger partial charge in [-0.05, 0) is 77.2 Å². The molecular weight excluding hydrogens is 741 g/mol. The first kappa shape index (κ1) is 34.9. The lowest BCUT2D eigenvalue weighted by atomic mass is 9.92. The molecule has 2 saturated heterocycles. The standard InChI is InChI=1S/C34H24N10O4S4/c1-7-43-27(45)25(51-29(43)15(11-35)12-36)41-31-39-23-21(49-31)17-9-20-18(10-19(17)47-33(23,3)4)22-24(34(5,6)48-20)40-32(50-22)42-26-28(46)44(8-2)30(52-26)16(13-37)14-38/h9-10H,7-8H2,1-6H3. The van der Waals surface area contributed by atoms with E-state index in [1.54, 1.807) is 13.8 Å². The number of nitrogens with zero attached hydrogens (tertiary/aromatic N) is 10. The number of ether oxygens (including phenoxy) is 2. The van der Waals surface area contributed by atoms with E-state index in [9.17, 15) is 30.6 Å². The molecule has 2 fully saturated rings. The molecule has 0 aliphatic carbocycles. The minimum atomic E-state index is -0.877. The van der Waals surface area contributed by atoms with Gasteiger partial charge in [-0.15, -0.1) is 0 Å². The Balaban J connectivity index is 1.29. The van der Waals surface area contributed by atoms with Gasteiger partial charge in [0.2, 0.25) is 10.3 Å². The lowest BCUT2D eigenvalue weighted by molar-refractivity contribution is -0.121. The molecule has 52 heavy (non-hydrogen) atoms. The number of thiazole rings is 2. The molecule has 14 nitrogen and oxygen atoms in total. The fourth-order valence-corrected chi connectivity index (χ4v) is 10.3. The first-order chi connectivity index (χ1) is 24.8. The second-order valence-electron chi connectivity index (χ2n) is 12.4. The SMILES string of the molecule is CCN1C(=O)C(=Nc2nc3c(s2)-c2cc4c(cc2OC3(C)C)-c2sc(N=C3SC(=C(C#N)C#N)N(CC)C3=O)nc2C(C)(C)O4)SC1=C(C#N)C#N. The summed E-state index contributed by atoms with van der Waals surface area (Å²) in [6, 6.07) is 11.2. The van der Waals surface area contributed by atoms with Gasteiger partial charge in [-0.3, -0.25) is 19.4 Å². The minimum absolute atomic E-state index is 0.112. The van der Waals surface area contributed by atoms with Crippen LogP contribution in [0.25, 0.3) is 20.9 Å². The lowest BCUT2D eigenvalue weighted by Crippen LogP contribution is -2.31. The highest BCUT2D eigenvalue weighted by atomic mass is 32.2. The number of rotatable bonds is 4. The normalized spacial score (nSPS) is 19.1. The molecule has 1 aromatic carbocycles. The predicted octanol–water partition coefficient (Wildman–Crippen LogP) is 6.96. The summed E-state index contributed by atoms with van der Waals surface area (Å²) in [5.41, 5.74) is 0.661. The maximum Gasteiger partial charge on any atom is 0.284 e. The average molecular weight is 765 g/mol. The van der Waals surface area contributed by atoms with Crippen molar-refractivity contribution in [2.24, 2.45) is 9.98 Å². The van der Waals surface area contributed by atoms with E-state index in [2.05, 4.69) is 9.98 Å². The van der Waals surface area contributed by atoms with Crippen LogP contribution in [0.4, 0.5) is 10.3 Å². The number of hydrogen-bond acceptors (Lipinski definition) is 16. The van der Waals surface area contributed by atoms with Crippen LogP contribution in [0.5, 0.6) is 11.5 Å². The number of thioether (sulfide) groups is 2. The summed E-state index contributed by atoms with van der Waals surface area (Å²) in [6.07, 6.45) is 0. The van der Waals surface area contributed by atoms with Gasteiger partial charge >= 0.3 is 0 Å². The monoisotopic (exact) mass is 764 g/mol. The van der Waals surface area contributed by atoms with Crippen molar-refractivity contribution >= 4 is 78.4 Å². The summed E-state index contributed by atoms with van der Waals surface area (Å²) >= 11 is 4.53. The smallest absolute Gasteiger partial charge is 0.284 e. The Kier molecular flexibility index (Phi) is 8.48. The van der Waals surface area contributed by atoms with Gasteiger partial charge < -0.3 is 9.47 Å². The highest BCUT2D eigenvalue weighted by molar-refractivity contribution is 8.20. The van der Waals surface area contributed by atoms with Crippen LogP contribution in [-0.2, 0) is 20.8 Å².